The Bertz CT molecular complexity index is 832. The van der Waals surface area contributed by atoms with Crippen molar-refractivity contribution in [3.8, 4) is 0 Å². The molecule has 29 heavy (non-hydrogen) atoms. The predicted molar refractivity (Wildman–Crippen MR) is 126 cm³/mol. The molecular weight excluding hydrogens is 372 g/mol. The molecule has 0 radical (unpaired) electrons. The molecule has 3 heteroatoms. The highest BCUT2D eigenvalue weighted by molar-refractivity contribution is 6.99. The first-order chi connectivity index (χ1) is 13.8. The average Bonchev–Trinajstić information content (AvgIpc) is 2.71. The van der Waals surface area contributed by atoms with Gasteiger partial charge in [-0.2, -0.15) is 0 Å². The van der Waals surface area contributed by atoms with Crippen molar-refractivity contribution in [1.82, 2.24) is 0 Å². The van der Waals surface area contributed by atoms with Gasteiger partial charge in [0.25, 0.3) is 8.32 Å². The summed E-state index contributed by atoms with van der Waals surface area (Å²) < 4.78 is 6.84. The molecule has 0 fully saturated rings. The van der Waals surface area contributed by atoms with E-state index < -0.39 is 8.32 Å². The van der Waals surface area contributed by atoms with Gasteiger partial charge in [0, 0.05) is 0 Å². The Hall–Kier alpha value is -2.49. The molecule has 0 spiro atoms. The van der Waals surface area contributed by atoms with Gasteiger partial charge in [0.15, 0.2) is 0 Å². The maximum atomic E-state index is 10.7. The molecule has 2 aromatic carbocycles. The van der Waals surface area contributed by atoms with Crippen LogP contribution in [0.2, 0.25) is 5.04 Å². The van der Waals surface area contributed by atoms with E-state index in [9.17, 15) is 4.79 Å². The third kappa shape index (κ3) is 5.75. The van der Waals surface area contributed by atoms with Gasteiger partial charge in [0.05, 0.1) is 6.61 Å². The molecule has 0 saturated carbocycles. The first-order valence-electron chi connectivity index (χ1n) is 10.0. The summed E-state index contributed by atoms with van der Waals surface area (Å²) >= 11 is 0. The van der Waals surface area contributed by atoms with Crippen LogP contribution in [0.25, 0.3) is 0 Å². The second kappa shape index (κ2) is 10.3. The zero-order valence-corrected chi connectivity index (χ0v) is 19.2. The lowest BCUT2D eigenvalue weighted by atomic mass is 10.2. The molecule has 0 saturated heterocycles. The number of rotatable bonds is 8. The van der Waals surface area contributed by atoms with Crippen LogP contribution in [0.1, 0.15) is 34.6 Å². The van der Waals surface area contributed by atoms with E-state index in [2.05, 4.69) is 94.4 Å². The predicted octanol–water partition coefficient (Wildman–Crippen LogP) is 5.21. The maximum absolute atomic E-state index is 10.7. The molecule has 0 amide bonds. The average molecular weight is 405 g/mol. The Morgan fingerprint density at radius 2 is 1.41 bits per heavy atom. The van der Waals surface area contributed by atoms with Gasteiger partial charge < -0.3 is 4.43 Å². The summed E-state index contributed by atoms with van der Waals surface area (Å²) in [6.45, 7) is 11.2. The minimum Gasteiger partial charge on any atom is -0.404 e. The topological polar surface area (TPSA) is 26.3 Å². The monoisotopic (exact) mass is 404 g/mol. The Morgan fingerprint density at radius 1 is 0.897 bits per heavy atom. The van der Waals surface area contributed by atoms with Crippen molar-refractivity contribution in [3.05, 3.63) is 96.1 Å². The number of allylic oxidation sites excluding steroid dienone is 5. The summed E-state index contributed by atoms with van der Waals surface area (Å²) in [4.78, 5) is 10.7. The van der Waals surface area contributed by atoms with Gasteiger partial charge in [-0.25, -0.2) is 0 Å². The molecule has 152 valence electrons. The molecule has 2 aromatic rings. The number of carbonyl (C=O) groups is 1. The van der Waals surface area contributed by atoms with E-state index in [0.717, 1.165) is 11.9 Å². The van der Waals surface area contributed by atoms with E-state index in [0.29, 0.717) is 12.2 Å². The summed E-state index contributed by atoms with van der Waals surface area (Å²) in [5.41, 5.74) is 1.82. The van der Waals surface area contributed by atoms with Crippen molar-refractivity contribution >= 4 is 25.0 Å². The van der Waals surface area contributed by atoms with Crippen LogP contribution in [0.5, 0.6) is 0 Å². The molecule has 0 atom stereocenters. The molecule has 0 aromatic heterocycles. The van der Waals surface area contributed by atoms with Crippen LogP contribution in [0.15, 0.2) is 96.1 Å². The standard InChI is InChI=1S/C26H32O2Si/c1-22(13-12-14-23(2)21-27)19-20-28-29(26(3,4)5,24-15-8-6-9-16-24)25-17-10-7-11-18-25/h6-19,21H,20H2,1-5H3/b13-12+,22-19-,23-14+. The zero-order chi connectivity index (χ0) is 21.3. The van der Waals surface area contributed by atoms with Gasteiger partial charge in [-0.3, -0.25) is 4.79 Å². The van der Waals surface area contributed by atoms with Gasteiger partial charge in [0.2, 0.25) is 0 Å². The van der Waals surface area contributed by atoms with Crippen LogP contribution in [0.4, 0.5) is 0 Å². The molecule has 0 aliphatic rings. The molecule has 0 heterocycles. The van der Waals surface area contributed by atoms with Crippen LogP contribution in [0.3, 0.4) is 0 Å². The van der Waals surface area contributed by atoms with Crippen LogP contribution < -0.4 is 10.4 Å². The van der Waals surface area contributed by atoms with Crippen molar-refractivity contribution in [2.45, 2.75) is 39.7 Å². The summed E-state index contributed by atoms with van der Waals surface area (Å²) in [6, 6.07) is 21.3. The van der Waals surface area contributed by atoms with Gasteiger partial charge in [-0.1, -0.05) is 111 Å². The van der Waals surface area contributed by atoms with Gasteiger partial charge >= 0.3 is 0 Å². The molecule has 0 N–H and O–H groups in total. The minimum absolute atomic E-state index is 0.0307. The van der Waals surface area contributed by atoms with Crippen molar-refractivity contribution in [1.29, 1.82) is 0 Å². The summed E-state index contributed by atoms with van der Waals surface area (Å²) in [5, 5.41) is 2.53. The Kier molecular flexibility index (Phi) is 8.12. The Balaban J connectivity index is 2.39. The number of carbonyl (C=O) groups excluding carboxylic acids is 1. The second-order valence-electron chi connectivity index (χ2n) is 8.31. The molecule has 0 aliphatic heterocycles. The van der Waals surface area contributed by atoms with Crippen LogP contribution in [-0.2, 0) is 9.22 Å². The number of hydrogen-bond donors (Lipinski definition) is 0. The van der Waals surface area contributed by atoms with Gasteiger partial charge in [-0.15, -0.1) is 0 Å². The highest BCUT2D eigenvalue weighted by atomic mass is 28.4. The third-order valence-electron chi connectivity index (χ3n) is 5.03. The Labute approximate surface area is 176 Å². The fourth-order valence-electron chi connectivity index (χ4n) is 3.52. The lowest BCUT2D eigenvalue weighted by Crippen LogP contribution is -2.66. The summed E-state index contributed by atoms with van der Waals surface area (Å²) in [5.74, 6) is 0. The first-order valence-corrected chi connectivity index (χ1v) is 11.9. The molecule has 2 nitrogen and oxygen atoms in total. The largest absolute Gasteiger partial charge is 0.404 e. The first kappa shape index (κ1) is 22.8. The lowest BCUT2D eigenvalue weighted by molar-refractivity contribution is -0.104. The van der Waals surface area contributed by atoms with Gasteiger partial charge in [-0.05, 0) is 34.8 Å². The Morgan fingerprint density at radius 3 is 1.86 bits per heavy atom. The number of benzene rings is 2. The van der Waals surface area contributed by atoms with E-state index in [1.807, 2.05) is 18.2 Å². The molecule has 0 unspecified atom stereocenters. The fourth-order valence-corrected chi connectivity index (χ4v) is 8.01. The summed E-state index contributed by atoms with van der Waals surface area (Å²) in [7, 11) is -2.50. The van der Waals surface area contributed by atoms with E-state index in [4.69, 9.17) is 4.43 Å². The SMILES string of the molecule is CC(=C/CO[Si](c1ccccc1)(c1ccccc1)C(C)(C)C)/C=C/C=C(\C)C=O. The fraction of sp³-hybridized carbons (Fsp3) is 0.269. The van der Waals surface area contributed by atoms with E-state index in [-0.39, 0.29) is 5.04 Å². The smallest absolute Gasteiger partial charge is 0.261 e. The van der Waals surface area contributed by atoms with Crippen molar-refractivity contribution in [2.75, 3.05) is 6.61 Å². The molecule has 0 aliphatic carbocycles. The minimum atomic E-state index is -2.50. The normalized spacial score (nSPS) is 13.7. The quantitative estimate of drug-likeness (QED) is 0.261. The van der Waals surface area contributed by atoms with Crippen LogP contribution >= 0.6 is 0 Å². The highest BCUT2D eigenvalue weighted by Crippen LogP contribution is 2.36. The van der Waals surface area contributed by atoms with Crippen LogP contribution in [-0.4, -0.2) is 21.2 Å². The van der Waals surface area contributed by atoms with E-state index in [1.165, 1.54) is 10.4 Å². The van der Waals surface area contributed by atoms with E-state index in [1.54, 1.807) is 6.92 Å². The zero-order valence-electron chi connectivity index (χ0n) is 18.2. The van der Waals surface area contributed by atoms with Crippen LogP contribution in [0, 0.1) is 0 Å². The highest BCUT2D eigenvalue weighted by Gasteiger charge is 2.49. The maximum Gasteiger partial charge on any atom is 0.261 e. The van der Waals surface area contributed by atoms with Crippen molar-refractivity contribution in [2.24, 2.45) is 0 Å². The van der Waals surface area contributed by atoms with Gasteiger partial charge in [0.1, 0.15) is 6.29 Å². The molecule has 0 bridgehead atoms. The molecular formula is C26H32O2Si. The second-order valence-corrected chi connectivity index (χ2v) is 12.6. The van der Waals surface area contributed by atoms with Crippen molar-refractivity contribution < 1.29 is 9.22 Å². The third-order valence-corrected chi connectivity index (χ3v) is 10.0. The molecule has 2 rings (SSSR count). The van der Waals surface area contributed by atoms with Crippen molar-refractivity contribution in [3.63, 3.8) is 0 Å². The summed E-state index contributed by atoms with van der Waals surface area (Å²) in [6.07, 6.45) is 8.68. The number of hydrogen-bond acceptors (Lipinski definition) is 2. The van der Waals surface area contributed by atoms with E-state index >= 15 is 0 Å². The lowest BCUT2D eigenvalue weighted by Gasteiger charge is -2.42. The number of aldehydes is 1.